The van der Waals surface area contributed by atoms with Gasteiger partial charge in [-0.25, -0.2) is 17.6 Å². The van der Waals surface area contributed by atoms with E-state index in [1.54, 1.807) is 0 Å². The lowest BCUT2D eigenvalue weighted by molar-refractivity contribution is 0.0585. The first kappa shape index (κ1) is 18.2. The Bertz CT molecular complexity index is 467. The van der Waals surface area contributed by atoms with E-state index in [9.17, 15) is 17.6 Å². The van der Waals surface area contributed by atoms with Crippen LogP contribution in [-0.4, -0.2) is 16.1 Å². The SMILES string of the molecule is CCC(CC)(CCCCc1cc(F)c(F)c(F)c1F)O[Si]. The summed E-state index contributed by atoms with van der Waals surface area (Å²) < 4.78 is 57.8. The van der Waals surface area contributed by atoms with Gasteiger partial charge in [-0.3, -0.25) is 0 Å². The Balaban J connectivity index is 2.61. The van der Waals surface area contributed by atoms with E-state index in [1.165, 1.54) is 0 Å². The Hall–Kier alpha value is -0.883. The highest BCUT2D eigenvalue weighted by Gasteiger charge is 2.24. The van der Waals surface area contributed by atoms with Crippen LogP contribution < -0.4 is 0 Å². The second-order valence-electron chi connectivity index (χ2n) is 5.16. The topological polar surface area (TPSA) is 9.23 Å². The summed E-state index contributed by atoms with van der Waals surface area (Å²) in [6.45, 7) is 4.02. The van der Waals surface area contributed by atoms with Gasteiger partial charge >= 0.3 is 0 Å². The summed E-state index contributed by atoms with van der Waals surface area (Å²) in [7, 11) is 3.08. The van der Waals surface area contributed by atoms with E-state index in [2.05, 4.69) is 10.5 Å². The molecule has 0 aliphatic carbocycles. The molecule has 0 amide bonds. The van der Waals surface area contributed by atoms with Crippen LogP contribution in [0, 0.1) is 23.3 Å². The molecule has 0 aromatic heterocycles. The predicted octanol–water partition coefficient (Wildman–Crippen LogP) is 4.61. The fourth-order valence-electron chi connectivity index (χ4n) is 2.37. The maximum Gasteiger partial charge on any atom is 0.247 e. The molecule has 0 saturated heterocycles. The Morgan fingerprint density at radius 3 is 2.14 bits per heavy atom. The summed E-state index contributed by atoms with van der Waals surface area (Å²) in [5, 5.41) is 0. The molecule has 0 fully saturated rings. The number of hydrogen-bond acceptors (Lipinski definition) is 1. The van der Waals surface area contributed by atoms with Gasteiger partial charge in [-0.2, -0.15) is 0 Å². The highest BCUT2D eigenvalue weighted by molar-refractivity contribution is 5.98. The number of rotatable bonds is 8. The molecule has 0 N–H and O–H groups in total. The van der Waals surface area contributed by atoms with Crippen LogP contribution in [0.1, 0.15) is 51.5 Å². The van der Waals surface area contributed by atoms with Crippen LogP contribution >= 0.6 is 0 Å². The zero-order valence-corrected chi connectivity index (χ0v) is 13.2. The second kappa shape index (κ2) is 7.94. The van der Waals surface area contributed by atoms with Gasteiger partial charge in [0.1, 0.15) is 0 Å². The normalized spacial score (nSPS) is 12.0. The number of hydrogen-bond donors (Lipinski definition) is 0. The lowest BCUT2D eigenvalue weighted by Crippen LogP contribution is -2.30. The molecule has 0 aliphatic heterocycles. The molecule has 1 rings (SSSR count). The molecule has 0 bridgehead atoms. The summed E-state index contributed by atoms with van der Waals surface area (Å²) in [5.74, 6) is -6.17. The van der Waals surface area contributed by atoms with Gasteiger partial charge in [0.25, 0.3) is 0 Å². The van der Waals surface area contributed by atoms with Gasteiger partial charge in [0, 0.05) is 0 Å². The van der Waals surface area contributed by atoms with Crippen molar-refractivity contribution in [2.24, 2.45) is 0 Å². The van der Waals surface area contributed by atoms with Crippen molar-refractivity contribution >= 4 is 10.5 Å². The first-order valence-electron chi connectivity index (χ1n) is 7.07. The molecule has 6 heteroatoms. The van der Waals surface area contributed by atoms with Crippen LogP contribution in [0.4, 0.5) is 17.6 Å². The first-order valence-corrected chi connectivity index (χ1v) is 7.48. The third kappa shape index (κ3) is 4.29. The molecule has 0 aliphatic rings. The third-order valence-electron chi connectivity index (χ3n) is 4.01. The number of unbranched alkanes of at least 4 members (excludes halogenated alkanes) is 1. The fourth-order valence-corrected chi connectivity index (χ4v) is 2.76. The van der Waals surface area contributed by atoms with Gasteiger partial charge in [0.15, 0.2) is 23.3 Å². The van der Waals surface area contributed by atoms with Crippen molar-refractivity contribution < 1.29 is 22.0 Å². The average Bonchev–Trinajstić information content (AvgIpc) is 2.51. The van der Waals surface area contributed by atoms with Crippen LogP contribution in [0.2, 0.25) is 0 Å². The van der Waals surface area contributed by atoms with E-state index in [1.807, 2.05) is 13.8 Å². The van der Waals surface area contributed by atoms with Crippen molar-refractivity contribution in [3.05, 3.63) is 34.9 Å². The molecule has 1 aromatic rings. The van der Waals surface area contributed by atoms with Gasteiger partial charge in [0.2, 0.25) is 10.5 Å². The minimum absolute atomic E-state index is 0.135. The second-order valence-corrected chi connectivity index (χ2v) is 5.36. The molecule has 0 saturated carbocycles. The van der Waals surface area contributed by atoms with Crippen LogP contribution in [0.15, 0.2) is 6.07 Å². The summed E-state index contributed by atoms with van der Waals surface area (Å²) >= 11 is 0. The van der Waals surface area contributed by atoms with Crippen LogP contribution in [0.25, 0.3) is 0 Å². The maximum absolute atomic E-state index is 13.5. The molecule has 3 radical (unpaired) electrons. The smallest absolute Gasteiger partial charge is 0.247 e. The first-order chi connectivity index (χ1) is 9.90. The van der Waals surface area contributed by atoms with Gasteiger partial charge < -0.3 is 4.43 Å². The van der Waals surface area contributed by atoms with Gasteiger partial charge in [-0.1, -0.05) is 20.3 Å². The number of aryl methyl sites for hydroxylation is 1. The summed E-state index contributed by atoms with van der Waals surface area (Å²) in [6.07, 6.45) is 3.80. The van der Waals surface area contributed by atoms with Crippen molar-refractivity contribution in [3.63, 3.8) is 0 Å². The van der Waals surface area contributed by atoms with E-state index in [0.29, 0.717) is 12.8 Å². The lowest BCUT2D eigenvalue weighted by Gasteiger charge is -2.30. The highest BCUT2D eigenvalue weighted by Crippen LogP contribution is 2.27. The van der Waals surface area contributed by atoms with Crippen LogP contribution in [0.3, 0.4) is 0 Å². The lowest BCUT2D eigenvalue weighted by atomic mass is 9.90. The predicted molar refractivity (Wildman–Crippen MR) is 74.0 cm³/mol. The molecule has 0 atom stereocenters. The van der Waals surface area contributed by atoms with Crippen LogP contribution in [0.5, 0.6) is 0 Å². The van der Waals surface area contributed by atoms with Gasteiger partial charge in [-0.15, -0.1) is 0 Å². The molecule has 0 unspecified atom stereocenters. The Morgan fingerprint density at radius 1 is 1.00 bits per heavy atom. The average molecular weight is 319 g/mol. The summed E-state index contributed by atoms with van der Waals surface area (Å²) in [5.41, 5.74) is -0.418. The largest absolute Gasteiger partial charge is 0.413 e. The van der Waals surface area contributed by atoms with Crippen molar-refractivity contribution in [2.75, 3.05) is 0 Å². The molecule has 21 heavy (non-hydrogen) atoms. The summed E-state index contributed by atoms with van der Waals surface area (Å²) in [6, 6.07) is 0.723. The minimum atomic E-state index is -1.76. The van der Waals surface area contributed by atoms with E-state index in [-0.39, 0.29) is 17.6 Å². The molecular formula is C15H19F4OSi. The van der Waals surface area contributed by atoms with E-state index < -0.39 is 23.3 Å². The van der Waals surface area contributed by atoms with Crippen molar-refractivity contribution in [2.45, 2.75) is 58.0 Å². The molecule has 1 aromatic carbocycles. The van der Waals surface area contributed by atoms with Crippen molar-refractivity contribution in [1.29, 1.82) is 0 Å². The third-order valence-corrected chi connectivity index (χ3v) is 4.44. The van der Waals surface area contributed by atoms with Crippen molar-refractivity contribution in [1.82, 2.24) is 0 Å². The standard InChI is InChI=1S/C15H19F4OSi/c1-3-15(4-2,20-21)8-6-5-7-10-9-11(16)13(18)14(19)12(10)17/h9H,3-8H2,1-2H3. The number of benzene rings is 1. The van der Waals surface area contributed by atoms with Crippen LogP contribution in [-0.2, 0) is 10.8 Å². The van der Waals surface area contributed by atoms with Crippen molar-refractivity contribution in [3.8, 4) is 0 Å². The fraction of sp³-hybridized carbons (Fsp3) is 0.600. The molecular weight excluding hydrogens is 300 g/mol. The van der Waals surface area contributed by atoms with E-state index in [4.69, 9.17) is 4.43 Å². The quantitative estimate of drug-likeness (QED) is 0.223. The van der Waals surface area contributed by atoms with E-state index >= 15 is 0 Å². The zero-order chi connectivity index (χ0) is 16.0. The molecule has 1 nitrogen and oxygen atoms in total. The number of halogens is 4. The Kier molecular flexibility index (Phi) is 6.87. The minimum Gasteiger partial charge on any atom is -0.413 e. The monoisotopic (exact) mass is 319 g/mol. The summed E-state index contributed by atoms with van der Waals surface area (Å²) in [4.78, 5) is 0. The van der Waals surface area contributed by atoms with Gasteiger partial charge in [-0.05, 0) is 43.7 Å². The van der Waals surface area contributed by atoms with E-state index in [0.717, 1.165) is 25.3 Å². The highest BCUT2D eigenvalue weighted by atomic mass is 28.2. The molecule has 0 heterocycles. The molecule has 0 spiro atoms. The zero-order valence-electron chi connectivity index (χ0n) is 12.2. The maximum atomic E-state index is 13.5. The Morgan fingerprint density at radius 2 is 1.62 bits per heavy atom. The Labute approximate surface area is 126 Å². The molecule has 117 valence electrons. The van der Waals surface area contributed by atoms with Gasteiger partial charge in [0.05, 0.1) is 5.60 Å².